The number of hydrogen-bond donors (Lipinski definition) is 0. The van der Waals surface area contributed by atoms with Crippen LogP contribution in [-0.2, 0) is 28.6 Å². The molecule has 1 unspecified atom stereocenters. The maximum atomic E-state index is 12.9. The van der Waals surface area contributed by atoms with Gasteiger partial charge in [-0.25, -0.2) is 0 Å². The second kappa shape index (κ2) is 70.3. The first-order valence-electron chi connectivity index (χ1n) is 35.0. The van der Waals surface area contributed by atoms with Crippen LogP contribution in [0.3, 0.4) is 0 Å². The maximum Gasteiger partial charge on any atom is 0.306 e. The Morgan fingerprint density at radius 2 is 0.470 bits per heavy atom. The van der Waals surface area contributed by atoms with Crippen molar-refractivity contribution < 1.29 is 28.6 Å². The SMILES string of the molecule is CC/C=C\C/C=C\C/C=C\C/C=C\C/C=C\C/C=C\C/C=C\C/C=C\CCCCCCCCC(=O)OCC(COC(=O)CCCCCCCCCCCCCCCCCC)OC(=O)CCCCCCCCC/C=C\C/C=C\CCCCCC. The van der Waals surface area contributed by atoms with Gasteiger partial charge in [-0.3, -0.25) is 14.4 Å². The first-order chi connectivity index (χ1) is 41.0. The molecule has 0 fully saturated rings. The molecule has 0 bridgehead atoms. The highest BCUT2D eigenvalue weighted by molar-refractivity contribution is 5.71. The number of carbonyl (C=O) groups excluding carboxylic acids is 3. The second-order valence-electron chi connectivity index (χ2n) is 23.1. The first-order valence-corrected chi connectivity index (χ1v) is 35.0. The summed E-state index contributed by atoms with van der Waals surface area (Å²) in [6, 6.07) is 0. The molecule has 0 spiro atoms. The highest BCUT2D eigenvalue weighted by Gasteiger charge is 2.19. The van der Waals surface area contributed by atoms with Crippen LogP contribution in [-0.4, -0.2) is 37.2 Å². The van der Waals surface area contributed by atoms with E-state index in [9.17, 15) is 14.4 Å². The lowest BCUT2D eigenvalue weighted by atomic mass is 10.0. The van der Waals surface area contributed by atoms with Gasteiger partial charge < -0.3 is 14.2 Å². The van der Waals surface area contributed by atoms with Crippen LogP contribution in [0.15, 0.2) is 122 Å². The third-order valence-corrected chi connectivity index (χ3v) is 15.0. The number of ether oxygens (including phenoxy) is 3. The molecule has 0 aromatic rings. The molecule has 474 valence electrons. The van der Waals surface area contributed by atoms with Crippen LogP contribution in [0.2, 0.25) is 0 Å². The molecule has 0 amide bonds. The Kier molecular flexibility index (Phi) is 66.7. The Balaban J connectivity index is 4.37. The molecule has 6 heteroatoms. The zero-order valence-electron chi connectivity index (χ0n) is 54.4. The number of carbonyl (C=O) groups is 3. The van der Waals surface area contributed by atoms with Crippen LogP contribution < -0.4 is 0 Å². The largest absolute Gasteiger partial charge is 0.462 e. The topological polar surface area (TPSA) is 78.9 Å². The van der Waals surface area contributed by atoms with Crippen molar-refractivity contribution in [3.63, 3.8) is 0 Å². The van der Waals surface area contributed by atoms with Crippen molar-refractivity contribution >= 4 is 17.9 Å². The van der Waals surface area contributed by atoms with Gasteiger partial charge in [0, 0.05) is 19.3 Å². The van der Waals surface area contributed by atoms with E-state index in [2.05, 4.69) is 142 Å². The van der Waals surface area contributed by atoms with Crippen molar-refractivity contribution in [1.29, 1.82) is 0 Å². The summed E-state index contributed by atoms with van der Waals surface area (Å²) in [5, 5.41) is 0. The Morgan fingerprint density at radius 3 is 0.747 bits per heavy atom. The van der Waals surface area contributed by atoms with Crippen LogP contribution in [0, 0.1) is 0 Å². The second-order valence-corrected chi connectivity index (χ2v) is 23.1. The van der Waals surface area contributed by atoms with Crippen LogP contribution in [0.4, 0.5) is 0 Å². The van der Waals surface area contributed by atoms with E-state index in [1.807, 2.05) is 0 Å². The molecule has 0 heterocycles. The Labute approximate surface area is 513 Å². The number of rotatable bonds is 63. The van der Waals surface area contributed by atoms with Gasteiger partial charge in [-0.2, -0.15) is 0 Å². The molecule has 0 radical (unpaired) electrons. The van der Waals surface area contributed by atoms with Crippen molar-refractivity contribution in [3.05, 3.63) is 122 Å². The van der Waals surface area contributed by atoms with Gasteiger partial charge in [0.25, 0.3) is 0 Å². The van der Waals surface area contributed by atoms with E-state index in [0.717, 1.165) is 135 Å². The van der Waals surface area contributed by atoms with E-state index in [1.54, 1.807) is 0 Å². The summed E-state index contributed by atoms with van der Waals surface area (Å²) in [7, 11) is 0. The minimum Gasteiger partial charge on any atom is -0.462 e. The van der Waals surface area contributed by atoms with Crippen molar-refractivity contribution in [3.8, 4) is 0 Å². The van der Waals surface area contributed by atoms with Crippen LogP contribution in [0.25, 0.3) is 0 Å². The highest BCUT2D eigenvalue weighted by atomic mass is 16.6. The van der Waals surface area contributed by atoms with E-state index in [-0.39, 0.29) is 31.1 Å². The van der Waals surface area contributed by atoms with Gasteiger partial charge in [-0.1, -0.05) is 316 Å². The summed E-state index contributed by atoms with van der Waals surface area (Å²) in [4.78, 5) is 38.4. The molecule has 0 saturated carbocycles. The van der Waals surface area contributed by atoms with Crippen LogP contribution in [0.5, 0.6) is 0 Å². The standard InChI is InChI=1S/C77H130O6/c1-4-7-10-13-16-19-22-25-28-31-33-34-35-36-37-38-39-40-41-42-43-44-45-47-49-52-55-58-61-64-67-70-76(79)82-73-74(72-81-75(78)69-66-63-60-57-54-51-48-30-27-24-21-18-15-12-9-6-3)83-77(80)71-68-65-62-59-56-53-50-46-32-29-26-23-20-17-14-11-8-5-2/h7,10,16,19-20,23,25,28-29,32-34,36-37,39-40,42-43,45,47,74H,4-6,8-9,11-15,17-18,21-22,24,26-27,30-31,35,38,41,44,46,48-73H2,1-3H3/b10-7-,19-16-,23-20-,28-25-,32-29-,34-33-,37-36-,40-39-,43-42-,47-45-. The van der Waals surface area contributed by atoms with Gasteiger partial charge in [0.15, 0.2) is 6.10 Å². The molecule has 0 rings (SSSR count). The van der Waals surface area contributed by atoms with Crippen molar-refractivity contribution in [2.24, 2.45) is 0 Å². The molecule has 0 N–H and O–H groups in total. The quantitative estimate of drug-likeness (QED) is 0.0261. The summed E-state index contributed by atoms with van der Waals surface area (Å²) in [5.74, 6) is -0.896. The monoisotopic (exact) mass is 1150 g/mol. The lowest BCUT2D eigenvalue weighted by Crippen LogP contribution is -2.30. The molecule has 6 nitrogen and oxygen atoms in total. The molecule has 0 aliphatic rings. The van der Waals surface area contributed by atoms with Gasteiger partial charge in [0.2, 0.25) is 0 Å². The number of unbranched alkanes of at least 4 members (excludes halogenated alkanes) is 32. The lowest BCUT2D eigenvalue weighted by Gasteiger charge is -2.18. The predicted molar refractivity (Wildman–Crippen MR) is 362 cm³/mol. The summed E-state index contributed by atoms with van der Waals surface area (Å²) >= 11 is 0. The van der Waals surface area contributed by atoms with Gasteiger partial charge in [-0.05, 0) is 116 Å². The fraction of sp³-hybridized carbons (Fsp3) is 0.701. The molecule has 0 aliphatic carbocycles. The van der Waals surface area contributed by atoms with Crippen LogP contribution in [0.1, 0.15) is 329 Å². The minimum absolute atomic E-state index is 0.0846. The predicted octanol–water partition coefficient (Wildman–Crippen LogP) is 24.3. The van der Waals surface area contributed by atoms with Gasteiger partial charge in [0.1, 0.15) is 13.2 Å². The van der Waals surface area contributed by atoms with E-state index >= 15 is 0 Å². The summed E-state index contributed by atoms with van der Waals surface area (Å²) in [6.07, 6.45) is 97.8. The van der Waals surface area contributed by atoms with E-state index in [4.69, 9.17) is 14.2 Å². The fourth-order valence-corrected chi connectivity index (χ4v) is 9.73. The Bertz CT molecular complexity index is 1700. The van der Waals surface area contributed by atoms with Crippen molar-refractivity contribution in [2.45, 2.75) is 335 Å². The summed E-state index contributed by atoms with van der Waals surface area (Å²) in [6.45, 7) is 6.53. The maximum absolute atomic E-state index is 12.9. The molecular formula is C77H130O6. The summed E-state index contributed by atoms with van der Waals surface area (Å²) in [5.41, 5.74) is 0. The van der Waals surface area contributed by atoms with E-state index < -0.39 is 6.10 Å². The molecule has 1 atom stereocenters. The zero-order valence-corrected chi connectivity index (χ0v) is 54.4. The number of allylic oxidation sites excluding steroid dienone is 20. The van der Waals surface area contributed by atoms with Crippen molar-refractivity contribution in [1.82, 2.24) is 0 Å². The van der Waals surface area contributed by atoms with Crippen molar-refractivity contribution in [2.75, 3.05) is 13.2 Å². The molecule has 0 aromatic heterocycles. The van der Waals surface area contributed by atoms with E-state index in [0.29, 0.717) is 19.3 Å². The molecule has 0 aliphatic heterocycles. The molecular weight excluding hydrogens is 1020 g/mol. The average molecular weight is 1150 g/mol. The lowest BCUT2D eigenvalue weighted by molar-refractivity contribution is -0.167. The normalized spacial score (nSPS) is 12.9. The average Bonchev–Trinajstić information content (AvgIpc) is 3.49. The third-order valence-electron chi connectivity index (χ3n) is 15.0. The molecule has 0 aromatic carbocycles. The number of hydrogen-bond acceptors (Lipinski definition) is 6. The summed E-state index contributed by atoms with van der Waals surface area (Å²) < 4.78 is 17.0. The molecule has 83 heavy (non-hydrogen) atoms. The van der Waals surface area contributed by atoms with Gasteiger partial charge >= 0.3 is 17.9 Å². The number of esters is 3. The fourth-order valence-electron chi connectivity index (χ4n) is 9.73. The van der Waals surface area contributed by atoms with Gasteiger partial charge in [-0.15, -0.1) is 0 Å². The van der Waals surface area contributed by atoms with Gasteiger partial charge in [0.05, 0.1) is 0 Å². The first kappa shape index (κ1) is 78.8. The minimum atomic E-state index is -0.791. The Morgan fingerprint density at radius 1 is 0.253 bits per heavy atom. The third kappa shape index (κ3) is 68.5. The van der Waals surface area contributed by atoms with E-state index in [1.165, 1.54) is 154 Å². The zero-order chi connectivity index (χ0) is 59.9. The molecule has 0 saturated heterocycles. The smallest absolute Gasteiger partial charge is 0.306 e. The Hall–Kier alpha value is -4.19. The highest BCUT2D eigenvalue weighted by Crippen LogP contribution is 2.17. The van der Waals surface area contributed by atoms with Crippen LogP contribution >= 0.6 is 0 Å².